The average molecular weight is 465 g/mol. The molecule has 0 radical (unpaired) electrons. The lowest BCUT2D eigenvalue weighted by Gasteiger charge is -2.12. The molecule has 1 N–H and O–H groups in total. The molecule has 0 heterocycles. The summed E-state index contributed by atoms with van der Waals surface area (Å²) >= 11 is 5.92. The van der Waals surface area contributed by atoms with Crippen LogP contribution in [0.3, 0.4) is 0 Å². The van der Waals surface area contributed by atoms with Crippen molar-refractivity contribution in [1.29, 1.82) is 0 Å². The van der Waals surface area contributed by atoms with E-state index in [0.29, 0.717) is 47.7 Å². The number of hydrogen-bond acceptors (Lipinski definition) is 5. The van der Waals surface area contributed by atoms with Gasteiger partial charge in [0, 0.05) is 10.6 Å². The van der Waals surface area contributed by atoms with E-state index in [0.717, 1.165) is 11.1 Å². The third-order valence-corrected chi connectivity index (χ3v) is 4.69. The van der Waals surface area contributed by atoms with Crippen LogP contribution in [-0.4, -0.2) is 25.3 Å². The van der Waals surface area contributed by atoms with Crippen LogP contribution >= 0.6 is 11.6 Å². The molecule has 7 heteroatoms. The van der Waals surface area contributed by atoms with Crippen LogP contribution in [0.1, 0.15) is 28.4 Å². The Labute approximate surface area is 198 Å². The van der Waals surface area contributed by atoms with Gasteiger partial charge in [-0.05, 0) is 72.6 Å². The van der Waals surface area contributed by atoms with E-state index in [1.165, 1.54) is 0 Å². The molecule has 0 aliphatic heterocycles. The molecule has 0 fully saturated rings. The fourth-order valence-electron chi connectivity index (χ4n) is 2.82. The summed E-state index contributed by atoms with van der Waals surface area (Å²) < 4.78 is 17.0. The van der Waals surface area contributed by atoms with Crippen molar-refractivity contribution in [2.24, 2.45) is 5.10 Å². The van der Waals surface area contributed by atoms with Crippen molar-refractivity contribution in [1.82, 2.24) is 5.43 Å². The zero-order valence-corrected chi connectivity index (χ0v) is 19.0. The highest BCUT2D eigenvalue weighted by atomic mass is 35.5. The minimum Gasteiger partial charge on any atom is -0.490 e. The Morgan fingerprint density at radius 3 is 2.45 bits per heavy atom. The van der Waals surface area contributed by atoms with E-state index in [1.807, 2.05) is 49.4 Å². The molecule has 0 spiro atoms. The van der Waals surface area contributed by atoms with E-state index < -0.39 is 0 Å². The fourth-order valence-corrected chi connectivity index (χ4v) is 2.95. The predicted octanol–water partition coefficient (Wildman–Crippen LogP) is 5.65. The first kappa shape index (κ1) is 23.9. The van der Waals surface area contributed by atoms with Crippen molar-refractivity contribution in [3.8, 4) is 17.2 Å². The molecule has 6 nitrogen and oxygen atoms in total. The largest absolute Gasteiger partial charge is 0.490 e. The monoisotopic (exact) mass is 464 g/mol. The number of hydrazone groups is 1. The van der Waals surface area contributed by atoms with Crippen LogP contribution in [-0.2, 0) is 6.61 Å². The fraction of sp³-hybridized carbons (Fsp3) is 0.154. The Bertz CT molecular complexity index is 1100. The van der Waals surface area contributed by atoms with E-state index in [4.69, 9.17) is 25.8 Å². The Kier molecular flexibility index (Phi) is 8.91. The van der Waals surface area contributed by atoms with Gasteiger partial charge in [0.1, 0.15) is 19.0 Å². The lowest BCUT2D eigenvalue weighted by atomic mass is 10.2. The van der Waals surface area contributed by atoms with Gasteiger partial charge >= 0.3 is 0 Å². The maximum atomic E-state index is 12.3. The highest BCUT2D eigenvalue weighted by Crippen LogP contribution is 2.29. The van der Waals surface area contributed by atoms with Crippen molar-refractivity contribution in [2.45, 2.75) is 13.5 Å². The van der Waals surface area contributed by atoms with Crippen LogP contribution in [0.4, 0.5) is 0 Å². The Morgan fingerprint density at radius 2 is 1.76 bits per heavy atom. The summed E-state index contributed by atoms with van der Waals surface area (Å²) in [7, 11) is 0. The smallest absolute Gasteiger partial charge is 0.271 e. The average Bonchev–Trinajstić information content (AvgIpc) is 2.83. The minimum absolute atomic E-state index is 0.325. The molecule has 170 valence electrons. The molecule has 0 aliphatic rings. The van der Waals surface area contributed by atoms with E-state index in [2.05, 4.69) is 17.1 Å². The molecule has 3 aromatic rings. The van der Waals surface area contributed by atoms with Gasteiger partial charge in [-0.2, -0.15) is 5.10 Å². The minimum atomic E-state index is -0.325. The van der Waals surface area contributed by atoms with Crippen molar-refractivity contribution in [3.05, 3.63) is 101 Å². The van der Waals surface area contributed by atoms with Crippen LogP contribution in [0.15, 0.2) is 84.5 Å². The summed E-state index contributed by atoms with van der Waals surface area (Å²) in [6.45, 7) is 6.78. The molecule has 3 aromatic carbocycles. The van der Waals surface area contributed by atoms with Gasteiger partial charge in [0.15, 0.2) is 11.5 Å². The van der Waals surface area contributed by atoms with Crippen molar-refractivity contribution >= 4 is 23.7 Å². The molecule has 0 bridgehead atoms. The Morgan fingerprint density at radius 1 is 1.00 bits per heavy atom. The summed E-state index contributed by atoms with van der Waals surface area (Å²) in [4.78, 5) is 12.3. The summed E-state index contributed by atoms with van der Waals surface area (Å²) in [5.74, 6) is 1.55. The quantitative estimate of drug-likeness (QED) is 0.226. The predicted molar refractivity (Wildman–Crippen MR) is 131 cm³/mol. The van der Waals surface area contributed by atoms with Gasteiger partial charge in [-0.1, -0.05) is 36.4 Å². The number of nitrogens with one attached hydrogen (secondary N) is 1. The molecule has 0 atom stereocenters. The van der Waals surface area contributed by atoms with Crippen molar-refractivity contribution in [2.75, 3.05) is 13.2 Å². The van der Waals surface area contributed by atoms with Gasteiger partial charge in [0.25, 0.3) is 5.91 Å². The number of rotatable bonds is 11. The van der Waals surface area contributed by atoms with E-state index in [-0.39, 0.29) is 5.91 Å². The molecular formula is C26H25ClN2O4. The number of carbonyl (C=O) groups excluding carboxylic acids is 1. The topological polar surface area (TPSA) is 69.2 Å². The molecule has 0 aliphatic carbocycles. The number of carbonyl (C=O) groups is 1. The number of amides is 1. The highest BCUT2D eigenvalue weighted by Gasteiger charge is 2.08. The van der Waals surface area contributed by atoms with Gasteiger partial charge in [0.05, 0.1) is 12.8 Å². The number of benzene rings is 3. The second-order valence-electron chi connectivity index (χ2n) is 6.88. The first-order valence-electron chi connectivity index (χ1n) is 10.4. The van der Waals surface area contributed by atoms with Gasteiger partial charge in [-0.3, -0.25) is 4.79 Å². The van der Waals surface area contributed by atoms with Crippen LogP contribution in [0.5, 0.6) is 17.2 Å². The third-order valence-electron chi connectivity index (χ3n) is 4.44. The molecule has 3 rings (SSSR count). The maximum absolute atomic E-state index is 12.3. The third kappa shape index (κ3) is 7.40. The zero-order valence-electron chi connectivity index (χ0n) is 18.3. The van der Waals surface area contributed by atoms with Gasteiger partial charge in [0.2, 0.25) is 0 Å². The lowest BCUT2D eigenvalue weighted by molar-refractivity contribution is 0.0955. The maximum Gasteiger partial charge on any atom is 0.271 e. The second-order valence-corrected chi connectivity index (χ2v) is 7.31. The van der Waals surface area contributed by atoms with Crippen LogP contribution in [0, 0.1) is 0 Å². The van der Waals surface area contributed by atoms with E-state index >= 15 is 0 Å². The van der Waals surface area contributed by atoms with Gasteiger partial charge in [-0.15, -0.1) is 0 Å². The Hall–Kier alpha value is -3.77. The van der Waals surface area contributed by atoms with E-state index in [1.54, 1.807) is 36.6 Å². The molecule has 0 aromatic heterocycles. The number of nitrogens with zero attached hydrogens (tertiary/aromatic N) is 1. The summed E-state index contributed by atoms with van der Waals surface area (Å²) in [6.07, 6.45) is 3.20. The van der Waals surface area contributed by atoms with E-state index in [9.17, 15) is 4.79 Å². The number of ether oxygens (including phenoxy) is 3. The second kappa shape index (κ2) is 12.3. The molecule has 0 saturated carbocycles. The lowest BCUT2D eigenvalue weighted by Crippen LogP contribution is -2.17. The summed E-state index contributed by atoms with van der Waals surface area (Å²) in [5.41, 5.74) is 4.74. The summed E-state index contributed by atoms with van der Waals surface area (Å²) in [6, 6.07) is 19.7. The molecule has 0 unspecified atom stereocenters. The molecule has 0 saturated heterocycles. The van der Waals surface area contributed by atoms with Crippen LogP contribution < -0.4 is 19.6 Å². The first-order chi connectivity index (χ1) is 16.1. The Balaban J connectivity index is 1.60. The SMILES string of the molecule is C=CCOc1ccc(C(=O)N/N=C/c2ccc(OCc3ccc(Cl)cc3)c(OCC)c2)cc1. The summed E-state index contributed by atoms with van der Waals surface area (Å²) in [5, 5.41) is 4.72. The van der Waals surface area contributed by atoms with Crippen molar-refractivity contribution < 1.29 is 19.0 Å². The molecule has 33 heavy (non-hydrogen) atoms. The van der Waals surface area contributed by atoms with Gasteiger partial charge < -0.3 is 14.2 Å². The highest BCUT2D eigenvalue weighted by molar-refractivity contribution is 6.30. The number of halogens is 1. The molecule has 1 amide bonds. The van der Waals surface area contributed by atoms with Gasteiger partial charge in [-0.25, -0.2) is 5.43 Å². The first-order valence-corrected chi connectivity index (χ1v) is 10.8. The normalized spacial score (nSPS) is 10.6. The van der Waals surface area contributed by atoms with Crippen LogP contribution in [0.2, 0.25) is 5.02 Å². The van der Waals surface area contributed by atoms with Crippen molar-refractivity contribution in [3.63, 3.8) is 0 Å². The molecular weight excluding hydrogens is 440 g/mol. The van der Waals surface area contributed by atoms with Crippen LogP contribution in [0.25, 0.3) is 0 Å². The zero-order chi connectivity index (χ0) is 23.5. The standard InChI is InChI=1S/C26H25ClN2O4/c1-3-15-32-23-12-8-21(9-13-23)26(30)29-28-17-20-7-14-24(25(16-20)31-4-2)33-18-19-5-10-22(27)11-6-19/h3,5-14,16-17H,1,4,15,18H2,2H3,(H,29,30)/b28-17+. The number of hydrogen-bond donors (Lipinski definition) is 1.